The molecule has 1 aliphatic rings. The van der Waals surface area contributed by atoms with E-state index >= 15 is 0 Å². The molecule has 1 aliphatic heterocycles. The Bertz CT molecular complexity index is 174. The van der Waals surface area contributed by atoms with Crippen LogP contribution < -0.4 is 5.32 Å². The molecule has 0 aromatic heterocycles. The van der Waals surface area contributed by atoms with E-state index in [2.05, 4.69) is 33.0 Å². The molecule has 1 rings (SSSR count). The smallest absolute Gasteiger partial charge is 0.0620 e. The van der Waals surface area contributed by atoms with Gasteiger partial charge < -0.3 is 10.1 Å². The van der Waals surface area contributed by atoms with Crippen LogP contribution in [-0.2, 0) is 4.74 Å². The summed E-state index contributed by atoms with van der Waals surface area (Å²) < 4.78 is 5.92. The summed E-state index contributed by atoms with van der Waals surface area (Å²) in [6, 6.07) is 0. The van der Waals surface area contributed by atoms with Crippen molar-refractivity contribution in [1.82, 2.24) is 5.32 Å². The van der Waals surface area contributed by atoms with Crippen LogP contribution in [0.4, 0.5) is 0 Å². The van der Waals surface area contributed by atoms with Crippen molar-refractivity contribution < 1.29 is 4.74 Å². The third kappa shape index (κ3) is 4.98. The number of rotatable bonds is 4. The lowest BCUT2D eigenvalue weighted by Crippen LogP contribution is -2.38. The SMILES string of the molecule is CCNCC1CCCOC1CC(C)(C)C. The summed E-state index contributed by atoms with van der Waals surface area (Å²) in [5, 5.41) is 3.45. The molecule has 1 fully saturated rings. The fourth-order valence-corrected chi connectivity index (χ4v) is 2.29. The van der Waals surface area contributed by atoms with Gasteiger partial charge in [0.25, 0.3) is 0 Å². The second-order valence-electron chi connectivity index (χ2n) is 5.88. The molecule has 0 bridgehead atoms. The van der Waals surface area contributed by atoms with E-state index in [4.69, 9.17) is 4.74 Å². The zero-order chi connectivity index (χ0) is 11.3. The van der Waals surface area contributed by atoms with Crippen LogP contribution in [0.15, 0.2) is 0 Å². The van der Waals surface area contributed by atoms with Gasteiger partial charge >= 0.3 is 0 Å². The molecule has 0 aromatic carbocycles. The zero-order valence-electron chi connectivity index (χ0n) is 10.8. The van der Waals surface area contributed by atoms with Crippen molar-refractivity contribution in [3.05, 3.63) is 0 Å². The predicted molar refractivity (Wildman–Crippen MR) is 65.1 cm³/mol. The molecule has 2 nitrogen and oxygen atoms in total. The first-order valence-electron chi connectivity index (χ1n) is 6.35. The molecule has 1 N–H and O–H groups in total. The second-order valence-corrected chi connectivity index (χ2v) is 5.88. The monoisotopic (exact) mass is 213 g/mol. The minimum absolute atomic E-state index is 0.381. The van der Waals surface area contributed by atoms with Gasteiger partial charge in [0.2, 0.25) is 0 Å². The molecular weight excluding hydrogens is 186 g/mol. The Morgan fingerprint density at radius 1 is 1.33 bits per heavy atom. The van der Waals surface area contributed by atoms with Crippen molar-refractivity contribution in [2.24, 2.45) is 11.3 Å². The Morgan fingerprint density at radius 2 is 2.07 bits per heavy atom. The molecule has 1 saturated heterocycles. The van der Waals surface area contributed by atoms with Crippen molar-refractivity contribution in [3.63, 3.8) is 0 Å². The van der Waals surface area contributed by atoms with Gasteiger partial charge in [0.05, 0.1) is 6.10 Å². The van der Waals surface area contributed by atoms with Gasteiger partial charge in [-0.3, -0.25) is 0 Å². The highest BCUT2D eigenvalue weighted by Gasteiger charge is 2.29. The summed E-state index contributed by atoms with van der Waals surface area (Å²) in [7, 11) is 0. The summed E-state index contributed by atoms with van der Waals surface area (Å²) in [5.74, 6) is 0.720. The van der Waals surface area contributed by atoms with E-state index in [1.54, 1.807) is 0 Å². The fraction of sp³-hybridized carbons (Fsp3) is 1.00. The van der Waals surface area contributed by atoms with Crippen LogP contribution in [-0.4, -0.2) is 25.8 Å². The lowest BCUT2D eigenvalue weighted by Gasteiger charge is -2.35. The fourth-order valence-electron chi connectivity index (χ4n) is 2.29. The first-order chi connectivity index (χ1) is 7.03. The van der Waals surface area contributed by atoms with Gasteiger partial charge in [-0.1, -0.05) is 27.7 Å². The number of hydrogen-bond acceptors (Lipinski definition) is 2. The average Bonchev–Trinajstić information content (AvgIpc) is 2.14. The number of nitrogens with one attached hydrogen (secondary N) is 1. The largest absolute Gasteiger partial charge is 0.378 e. The average molecular weight is 213 g/mol. The number of hydrogen-bond donors (Lipinski definition) is 1. The van der Waals surface area contributed by atoms with Gasteiger partial charge in [-0.15, -0.1) is 0 Å². The normalized spacial score (nSPS) is 28.0. The third-order valence-corrected chi connectivity index (χ3v) is 3.05. The summed E-state index contributed by atoms with van der Waals surface area (Å²) >= 11 is 0. The molecule has 0 saturated carbocycles. The van der Waals surface area contributed by atoms with E-state index in [9.17, 15) is 0 Å². The van der Waals surface area contributed by atoms with E-state index in [0.717, 1.165) is 25.6 Å². The Morgan fingerprint density at radius 3 is 2.67 bits per heavy atom. The molecular formula is C13H27NO. The maximum absolute atomic E-state index is 5.92. The Kier molecular flexibility index (Phi) is 5.07. The van der Waals surface area contributed by atoms with Gasteiger partial charge in [0, 0.05) is 13.2 Å². The molecule has 90 valence electrons. The predicted octanol–water partition coefficient (Wildman–Crippen LogP) is 2.83. The van der Waals surface area contributed by atoms with Crippen LogP contribution >= 0.6 is 0 Å². The van der Waals surface area contributed by atoms with Crippen molar-refractivity contribution >= 4 is 0 Å². The molecule has 0 spiro atoms. The molecule has 2 heteroatoms. The van der Waals surface area contributed by atoms with Crippen LogP contribution in [0.3, 0.4) is 0 Å². The summed E-state index contributed by atoms with van der Waals surface area (Å²) in [6.07, 6.45) is 4.21. The standard InChI is InChI=1S/C13H27NO/c1-5-14-10-11-7-6-8-15-12(11)9-13(2,3)4/h11-12,14H,5-10H2,1-4H3. The molecule has 2 atom stereocenters. The molecule has 2 unspecified atom stereocenters. The molecule has 0 amide bonds. The van der Waals surface area contributed by atoms with Crippen molar-refractivity contribution in [3.8, 4) is 0 Å². The minimum Gasteiger partial charge on any atom is -0.378 e. The molecule has 15 heavy (non-hydrogen) atoms. The first kappa shape index (κ1) is 13.0. The Hall–Kier alpha value is -0.0800. The van der Waals surface area contributed by atoms with E-state index in [0.29, 0.717) is 11.5 Å². The first-order valence-corrected chi connectivity index (χ1v) is 6.35. The van der Waals surface area contributed by atoms with Gasteiger partial charge in [0.15, 0.2) is 0 Å². The highest BCUT2D eigenvalue weighted by molar-refractivity contribution is 4.80. The lowest BCUT2D eigenvalue weighted by molar-refractivity contribution is -0.0457. The highest BCUT2D eigenvalue weighted by atomic mass is 16.5. The van der Waals surface area contributed by atoms with Crippen LogP contribution in [0, 0.1) is 11.3 Å². The highest BCUT2D eigenvalue weighted by Crippen LogP contribution is 2.30. The van der Waals surface area contributed by atoms with Crippen molar-refractivity contribution in [2.45, 2.75) is 53.1 Å². The summed E-state index contributed by atoms with van der Waals surface area (Å²) in [4.78, 5) is 0. The van der Waals surface area contributed by atoms with Crippen molar-refractivity contribution in [2.75, 3.05) is 19.7 Å². The maximum atomic E-state index is 5.92. The van der Waals surface area contributed by atoms with Crippen molar-refractivity contribution in [1.29, 1.82) is 0 Å². The van der Waals surface area contributed by atoms with E-state index in [1.165, 1.54) is 19.3 Å². The Labute approximate surface area is 94.8 Å². The van der Waals surface area contributed by atoms with Crippen LogP contribution in [0.1, 0.15) is 47.0 Å². The molecule has 0 aliphatic carbocycles. The quantitative estimate of drug-likeness (QED) is 0.775. The minimum atomic E-state index is 0.381. The molecule has 0 radical (unpaired) electrons. The topological polar surface area (TPSA) is 21.3 Å². The van der Waals surface area contributed by atoms with E-state index in [1.807, 2.05) is 0 Å². The summed E-state index contributed by atoms with van der Waals surface area (Å²) in [5.41, 5.74) is 0.381. The molecule has 0 aromatic rings. The van der Waals surface area contributed by atoms with E-state index < -0.39 is 0 Å². The maximum Gasteiger partial charge on any atom is 0.0620 e. The third-order valence-electron chi connectivity index (χ3n) is 3.05. The lowest BCUT2D eigenvalue weighted by atomic mass is 9.82. The second kappa shape index (κ2) is 5.86. The molecule has 1 heterocycles. The number of ether oxygens (including phenoxy) is 1. The van der Waals surface area contributed by atoms with E-state index in [-0.39, 0.29) is 0 Å². The van der Waals surface area contributed by atoms with Gasteiger partial charge in [-0.2, -0.15) is 0 Å². The van der Waals surface area contributed by atoms with Gasteiger partial charge in [-0.05, 0) is 37.1 Å². The zero-order valence-corrected chi connectivity index (χ0v) is 10.8. The van der Waals surface area contributed by atoms with Crippen LogP contribution in [0.5, 0.6) is 0 Å². The van der Waals surface area contributed by atoms with Crippen LogP contribution in [0.25, 0.3) is 0 Å². The van der Waals surface area contributed by atoms with Crippen LogP contribution in [0.2, 0.25) is 0 Å². The Balaban J connectivity index is 2.42. The van der Waals surface area contributed by atoms with Gasteiger partial charge in [-0.25, -0.2) is 0 Å². The summed E-state index contributed by atoms with van der Waals surface area (Å²) in [6.45, 7) is 12.2. The van der Waals surface area contributed by atoms with Gasteiger partial charge in [0.1, 0.15) is 0 Å².